The predicted octanol–water partition coefficient (Wildman–Crippen LogP) is 1.40. The maximum absolute atomic E-state index is 11.4. The third kappa shape index (κ3) is 3.47. The Morgan fingerprint density at radius 2 is 2.00 bits per heavy atom. The minimum Gasteiger partial charge on any atom is -0.479 e. The molecule has 0 radical (unpaired) electrons. The zero-order chi connectivity index (χ0) is 11.5. The van der Waals surface area contributed by atoms with E-state index in [2.05, 4.69) is 5.32 Å². The number of nitrogens with one attached hydrogen (secondary N) is 1. The number of carbonyl (C=O) groups is 1. The summed E-state index contributed by atoms with van der Waals surface area (Å²) in [6, 6.07) is 0. The van der Waals surface area contributed by atoms with E-state index in [1.54, 1.807) is 0 Å². The van der Waals surface area contributed by atoms with Gasteiger partial charge in [0.1, 0.15) is 0 Å². The fourth-order valence-corrected chi connectivity index (χ4v) is 1.98. The van der Waals surface area contributed by atoms with Gasteiger partial charge in [-0.2, -0.15) is 0 Å². The first-order chi connectivity index (χ1) is 6.86. The zero-order valence-electron chi connectivity index (χ0n) is 9.80. The molecule has 4 heteroatoms. The van der Waals surface area contributed by atoms with E-state index in [9.17, 15) is 9.90 Å². The van der Waals surface area contributed by atoms with Gasteiger partial charge < -0.3 is 15.2 Å². The van der Waals surface area contributed by atoms with Crippen molar-refractivity contribution in [3.05, 3.63) is 0 Å². The van der Waals surface area contributed by atoms with Crippen molar-refractivity contribution in [2.24, 2.45) is 0 Å². The van der Waals surface area contributed by atoms with Crippen LogP contribution in [0.25, 0.3) is 0 Å². The van der Waals surface area contributed by atoms with Crippen LogP contribution in [0.2, 0.25) is 0 Å². The molecule has 0 aromatic heterocycles. The molecule has 0 aromatic carbocycles. The van der Waals surface area contributed by atoms with Crippen molar-refractivity contribution in [2.75, 3.05) is 13.1 Å². The molecule has 1 unspecified atom stereocenters. The van der Waals surface area contributed by atoms with Crippen molar-refractivity contribution in [3.8, 4) is 0 Å². The molecule has 1 aliphatic rings. The largest absolute Gasteiger partial charge is 0.479 e. The fourth-order valence-electron chi connectivity index (χ4n) is 1.98. The van der Waals surface area contributed by atoms with Crippen LogP contribution < -0.4 is 5.32 Å². The Balaban J connectivity index is 2.81. The quantitative estimate of drug-likeness (QED) is 0.731. The lowest BCUT2D eigenvalue weighted by molar-refractivity contribution is -0.187. The van der Waals surface area contributed by atoms with E-state index >= 15 is 0 Å². The summed E-state index contributed by atoms with van der Waals surface area (Å²) < 4.78 is 5.77. The Morgan fingerprint density at radius 3 is 2.53 bits per heavy atom. The minimum absolute atomic E-state index is 0.414. The molecule has 88 valence electrons. The maximum atomic E-state index is 11.4. The molecule has 0 saturated carbocycles. The van der Waals surface area contributed by atoms with Gasteiger partial charge in [-0.1, -0.05) is 0 Å². The highest BCUT2D eigenvalue weighted by Gasteiger charge is 2.42. The van der Waals surface area contributed by atoms with Gasteiger partial charge in [0.15, 0.2) is 5.60 Å². The van der Waals surface area contributed by atoms with Gasteiger partial charge in [0, 0.05) is 0 Å². The van der Waals surface area contributed by atoms with Crippen LogP contribution in [-0.4, -0.2) is 35.4 Å². The molecule has 1 rings (SSSR count). The molecule has 0 amide bonds. The summed E-state index contributed by atoms with van der Waals surface area (Å²) in [7, 11) is 0. The van der Waals surface area contributed by atoms with Crippen molar-refractivity contribution in [2.45, 2.75) is 51.2 Å². The van der Waals surface area contributed by atoms with Gasteiger partial charge in [-0.15, -0.1) is 0 Å². The SMILES string of the molecule is CC(C)(C)OC1(C(=O)O)CCCNCC1. The van der Waals surface area contributed by atoms with Crippen LogP contribution in [-0.2, 0) is 9.53 Å². The number of carboxylic acids is 1. The van der Waals surface area contributed by atoms with E-state index in [1.165, 1.54) is 0 Å². The number of hydrogen-bond donors (Lipinski definition) is 2. The topological polar surface area (TPSA) is 58.6 Å². The Labute approximate surface area is 91.0 Å². The van der Waals surface area contributed by atoms with E-state index in [-0.39, 0.29) is 0 Å². The Bertz CT molecular complexity index is 224. The second-order valence-corrected chi connectivity index (χ2v) is 5.12. The van der Waals surface area contributed by atoms with Crippen molar-refractivity contribution in [1.29, 1.82) is 0 Å². The highest BCUT2D eigenvalue weighted by atomic mass is 16.5. The van der Waals surface area contributed by atoms with E-state index in [4.69, 9.17) is 4.74 Å². The van der Waals surface area contributed by atoms with Crippen LogP contribution in [0.15, 0.2) is 0 Å². The first-order valence-electron chi connectivity index (χ1n) is 5.50. The first-order valence-corrected chi connectivity index (χ1v) is 5.50. The van der Waals surface area contributed by atoms with Gasteiger partial charge in [0.25, 0.3) is 0 Å². The monoisotopic (exact) mass is 215 g/mol. The zero-order valence-corrected chi connectivity index (χ0v) is 9.80. The number of rotatable bonds is 2. The maximum Gasteiger partial charge on any atom is 0.336 e. The van der Waals surface area contributed by atoms with E-state index in [0.29, 0.717) is 19.4 Å². The average molecular weight is 215 g/mol. The fraction of sp³-hybridized carbons (Fsp3) is 0.909. The molecule has 1 atom stereocenters. The molecule has 1 aliphatic heterocycles. The van der Waals surface area contributed by atoms with Gasteiger partial charge in [-0.05, 0) is 53.1 Å². The van der Waals surface area contributed by atoms with Gasteiger partial charge in [0.2, 0.25) is 0 Å². The molecule has 15 heavy (non-hydrogen) atoms. The molecule has 2 N–H and O–H groups in total. The lowest BCUT2D eigenvalue weighted by atomic mass is 9.93. The van der Waals surface area contributed by atoms with Gasteiger partial charge >= 0.3 is 5.97 Å². The summed E-state index contributed by atoms with van der Waals surface area (Å²) in [5, 5.41) is 12.5. The first kappa shape index (κ1) is 12.5. The van der Waals surface area contributed by atoms with Gasteiger partial charge in [0.05, 0.1) is 5.60 Å². The van der Waals surface area contributed by atoms with E-state index in [0.717, 1.165) is 13.0 Å². The molecule has 4 nitrogen and oxygen atoms in total. The molecule has 1 saturated heterocycles. The molecule has 0 aliphatic carbocycles. The standard InChI is InChI=1S/C11H21NO3/c1-10(2,3)15-11(9(13)14)5-4-7-12-8-6-11/h12H,4-8H2,1-3H3,(H,13,14). The van der Waals surface area contributed by atoms with E-state index < -0.39 is 17.2 Å². The lowest BCUT2D eigenvalue weighted by Crippen LogP contribution is -2.47. The summed E-state index contributed by atoms with van der Waals surface area (Å²) in [4.78, 5) is 11.4. The highest BCUT2D eigenvalue weighted by molar-refractivity contribution is 5.77. The normalized spacial score (nSPS) is 28.5. The molecule has 0 aromatic rings. The van der Waals surface area contributed by atoms with Gasteiger partial charge in [-0.3, -0.25) is 0 Å². The van der Waals surface area contributed by atoms with Crippen LogP contribution in [0, 0.1) is 0 Å². The summed E-state index contributed by atoms with van der Waals surface area (Å²) in [5.41, 5.74) is -1.41. The molecule has 0 spiro atoms. The predicted molar refractivity (Wildman–Crippen MR) is 57.9 cm³/mol. The summed E-state index contributed by atoms with van der Waals surface area (Å²) in [5.74, 6) is -0.832. The van der Waals surface area contributed by atoms with E-state index in [1.807, 2.05) is 20.8 Å². The molecular weight excluding hydrogens is 194 g/mol. The van der Waals surface area contributed by atoms with Gasteiger partial charge in [-0.25, -0.2) is 4.79 Å². The second kappa shape index (κ2) is 4.49. The highest BCUT2D eigenvalue weighted by Crippen LogP contribution is 2.29. The van der Waals surface area contributed by atoms with Crippen LogP contribution in [0.4, 0.5) is 0 Å². The van der Waals surface area contributed by atoms with Crippen molar-refractivity contribution >= 4 is 5.97 Å². The van der Waals surface area contributed by atoms with Crippen LogP contribution in [0.5, 0.6) is 0 Å². The second-order valence-electron chi connectivity index (χ2n) is 5.12. The Kier molecular flexibility index (Phi) is 3.73. The van der Waals surface area contributed by atoms with Crippen LogP contribution >= 0.6 is 0 Å². The molecular formula is C11H21NO3. The lowest BCUT2D eigenvalue weighted by Gasteiger charge is -2.35. The van der Waals surface area contributed by atoms with Crippen molar-refractivity contribution < 1.29 is 14.6 Å². The summed E-state index contributed by atoms with van der Waals surface area (Å²) in [6.45, 7) is 7.28. The smallest absolute Gasteiger partial charge is 0.336 e. The number of hydrogen-bond acceptors (Lipinski definition) is 3. The van der Waals surface area contributed by atoms with Crippen molar-refractivity contribution in [1.82, 2.24) is 5.32 Å². The number of aliphatic carboxylic acids is 1. The summed E-state index contributed by atoms with van der Waals surface area (Å²) >= 11 is 0. The summed E-state index contributed by atoms with van der Waals surface area (Å²) in [6.07, 6.45) is 1.98. The molecule has 0 bridgehead atoms. The third-order valence-corrected chi connectivity index (χ3v) is 2.53. The van der Waals surface area contributed by atoms with Crippen LogP contribution in [0.1, 0.15) is 40.0 Å². The number of ether oxygens (including phenoxy) is 1. The Hall–Kier alpha value is -0.610. The number of carboxylic acid groups (broad SMARTS) is 1. The average Bonchev–Trinajstić information content (AvgIpc) is 2.28. The molecule has 1 fully saturated rings. The third-order valence-electron chi connectivity index (χ3n) is 2.53. The minimum atomic E-state index is -0.998. The van der Waals surface area contributed by atoms with Crippen LogP contribution in [0.3, 0.4) is 0 Å². The Morgan fingerprint density at radius 1 is 1.33 bits per heavy atom. The van der Waals surface area contributed by atoms with Crippen molar-refractivity contribution in [3.63, 3.8) is 0 Å². The molecule has 1 heterocycles.